The number of nitrogens with zero attached hydrogens (tertiary/aromatic N) is 2. The topological polar surface area (TPSA) is 51.8 Å². The standard InChI is InChI=1S/C17H23N3/c1-12-6-7-13(17(2,3)4)10-14(12)15(11-18)16-19-8-5-9-20-16/h5-10,15H,11,18H2,1-4H3. The molecule has 1 aromatic heterocycles. The van der Waals surface area contributed by atoms with Gasteiger partial charge in [0.25, 0.3) is 0 Å². The molecule has 3 nitrogen and oxygen atoms in total. The van der Waals surface area contributed by atoms with Crippen molar-refractivity contribution in [1.29, 1.82) is 0 Å². The van der Waals surface area contributed by atoms with E-state index in [0.717, 1.165) is 5.82 Å². The monoisotopic (exact) mass is 269 g/mol. The van der Waals surface area contributed by atoms with Gasteiger partial charge in [0.2, 0.25) is 0 Å². The molecule has 0 saturated carbocycles. The van der Waals surface area contributed by atoms with Crippen molar-refractivity contribution in [2.45, 2.75) is 39.0 Å². The minimum Gasteiger partial charge on any atom is -0.329 e. The molecule has 0 aliphatic rings. The highest BCUT2D eigenvalue weighted by atomic mass is 14.9. The van der Waals surface area contributed by atoms with Crippen molar-refractivity contribution in [3.63, 3.8) is 0 Å². The predicted molar refractivity (Wildman–Crippen MR) is 82.8 cm³/mol. The van der Waals surface area contributed by atoms with Crippen molar-refractivity contribution in [2.75, 3.05) is 6.54 Å². The Morgan fingerprint density at radius 3 is 2.35 bits per heavy atom. The maximum Gasteiger partial charge on any atom is 0.136 e. The predicted octanol–water partition coefficient (Wildman–Crippen LogP) is 3.17. The second-order valence-electron chi connectivity index (χ2n) is 6.22. The molecule has 0 saturated heterocycles. The number of hydrogen-bond acceptors (Lipinski definition) is 3. The zero-order chi connectivity index (χ0) is 14.8. The van der Waals surface area contributed by atoms with Crippen LogP contribution in [0.4, 0.5) is 0 Å². The van der Waals surface area contributed by atoms with Gasteiger partial charge >= 0.3 is 0 Å². The number of nitrogens with two attached hydrogens (primary N) is 1. The van der Waals surface area contributed by atoms with Gasteiger partial charge in [-0.3, -0.25) is 0 Å². The summed E-state index contributed by atoms with van der Waals surface area (Å²) in [4.78, 5) is 8.74. The number of benzene rings is 1. The van der Waals surface area contributed by atoms with Crippen molar-refractivity contribution < 1.29 is 0 Å². The van der Waals surface area contributed by atoms with Crippen molar-refractivity contribution in [2.24, 2.45) is 5.73 Å². The van der Waals surface area contributed by atoms with Crippen molar-refractivity contribution in [3.05, 3.63) is 59.2 Å². The Balaban J connectivity index is 2.50. The summed E-state index contributed by atoms with van der Waals surface area (Å²) in [5.41, 5.74) is 9.89. The van der Waals surface area contributed by atoms with Crippen LogP contribution in [-0.2, 0) is 5.41 Å². The Bertz CT molecular complexity index is 571. The van der Waals surface area contributed by atoms with Crippen LogP contribution in [0.25, 0.3) is 0 Å². The molecular formula is C17H23N3. The summed E-state index contributed by atoms with van der Waals surface area (Å²) >= 11 is 0. The zero-order valence-corrected chi connectivity index (χ0v) is 12.7. The van der Waals surface area contributed by atoms with E-state index in [9.17, 15) is 0 Å². The molecule has 1 atom stereocenters. The Morgan fingerprint density at radius 2 is 1.80 bits per heavy atom. The molecule has 0 spiro atoms. The smallest absolute Gasteiger partial charge is 0.136 e. The minimum absolute atomic E-state index is 0.0542. The van der Waals surface area contributed by atoms with E-state index >= 15 is 0 Å². The fourth-order valence-corrected chi connectivity index (χ4v) is 2.34. The molecule has 3 heteroatoms. The van der Waals surface area contributed by atoms with E-state index in [0.29, 0.717) is 6.54 Å². The van der Waals surface area contributed by atoms with Crippen LogP contribution < -0.4 is 5.73 Å². The molecule has 0 bridgehead atoms. The quantitative estimate of drug-likeness (QED) is 0.931. The van der Waals surface area contributed by atoms with E-state index in [-0.39, 0.29) is 11.3 Å². The Labute approximate surface area is 121 Å². The Kier molecular flexibility index (Phi) is 4.19. The van der Waals surface area contributed by atoms with Gasteiger partial charge < -0.3 is 5.73 Å². The summed E-state index contributed by atoms with van der Waals surface area (Å²) in [6, 6.07) is 8.44. The average molecular weight is 269 g/mol. The van der Waals surface area contributed by atoms with E-state index in [1.165, 1.54) is 16.7 Å². The van der Waals surface area contributed by atoms with Gasteiger partial charge in [0, 0.05) is 18.9 Å². The van der Waals surface area contributed by atoms with Gasteiger partial charge in [-0.25, -0.2) is 9.97 Å². The van der Waals surface area contributed by atoms with Crippen LogP contribution in [0.2, 0.25) is 0 Å². The third-order valence-corrected chi connectivity index (χ3v) is 3.65. The maximum absolute atomic E-state index is 5.98. The fourth-order valence-electron chi connectivity index (χ4n) is 2.34. The molecule has 0 aliphatic heterocycles. The lowest BCUT2D eigenvalue weighted by molar-refractivity contribution is 0.587. The molecule has 1 aromatic carbocycles. The molecule has 106 valence electrons. The van der Waals surface area contributed by atoms with Gasteiger partial charge in [-0.05, 0) is 35.1 Å². The highest BCUT2D eigenvalue weighted by Gasteiger charge is 2.20. The fraction of sp³-hybridized carbons (Fsp3) is 0.412. The first-order valence-corrected chi connectivity index (χ1v) is 7.01. The van der Waals surface area contributed by atoms with Gasteiger partial charge in [-0.1, -0.05) is 39.0 Å². The third kappa shape index (κ3) is 3.05. The largest absolute Gasteiger partial charge is 0.329 e. The van der Waals surface area contributed by atoms with E-state index in [1.807, 2.05) is 6.07 Å². The zero-order valence-electron chi connectivity index (χ0n) is 12.7. The first-order valence-electron chi connectivity index (χ1n) is 7.01. The lowest BCUT2D eigenvalue weighted by Gasteiger charge is -2.23. The second-order valence-corrected chi connectivity index (χ2v) is 6.22. The highest BCUT2D eigenvalue weighted by molar-refractivity contribution is 5.39. The molecule has 0 radical (unpaired) electrons. The number of hydrogen-bond donors (Lipinski definition) is 1. The van der Waals surface area contributed by atoms with Crippen LogP contribution in [0, 0.1) is 6.92 Å². The van der Waals surface area contributed by atoms with Crippen LogP contribution >= 0.6 is 0 Å². The third-order valence-electron chi connectivity index (χ3n) is 3.65. The second kappa shape index (κ2) is 5.71. The molecule has 20 heavy (non-hydrogen) atoms. The molecule has 2 rings (SSSR count). The first-order chi connectivity index (χ1) is 9.43. The SMILES string of the molecule is Cc1ccc(C(C)(C)C)cc1C(CN)c1ncccn1. The number of aryl methyl sites for hydroxylation is 1. The van der Waals surface area contributed by atoms with Gasteiger partial charge in [-0.15, -0.1) is 0 Å². The summed E-state index contributed by atoms with van der Waals surface area (Å²) in [5.74, 6) is 0.850. The van der Waals surface area contributed by atoms with Gasteiger partial charge in [-0.2, -0.15) is 0 Å². The Hall–Kier alpha value is -1.74. The van der Waals surface area contributed by atoms with Crippen molar-refractivity contribution in [1.82, 2.24) is 9.97 Å². The molecule has 0 fully saturated rings. The molecule has 1 heterocycles. The van der Waals surface area contributed by atoms with E-state index in [2.05, 4.69) is 55.9 Å². The summed E-state index contributed by atoms with van der Waals surface area (Å²) in [5, 5.41) is 0. The van der Waals surface area contributed by atoms with Crippen LogP contribution in [0.1, 0.15) is 49.2 Å². The molecule has 2 N–H and O–H groups in total. The normalized spacial score (nSPS) is 13.2. The number of aromatic nitrogens is 2. The van der Waals surface area contributed by atoms with Crippen LogP contribution in [-0.4, -0.2) is 16.5 Å². The first kappa shape index (κ1) is 14.7. The minimum atomic E-state index is 0.0542. The Morgan fingerprint density at radius 1 is 1.15 bits per heavy atom. The summed E-state index contributed by atoms with van der Waals surface area (Å²) in [6.45, 7) is 9.29. The van der Waals surface area contributed by atoms with Gasteiger partial charge in [0.1, 0.15) is 5.82 Å². The number of rotatable bonds is 3. The molecule has 0 aliphatic carbocycles. The van der Waals surface area contributed by atoms with Gasteiger partial charge in [0.05, 0.1) is 5.92 Å². The van der Waals surface area contributed by atoms with E-state index in [4.69, 9.17) is 5.73 Å². The van der Waals surface area contributed by atoms with E-state index in [1.54, 1.807) is 12.4 Å². The summed E-state index contributed by atoms with van der Waals surface area (Å²) in [7, 11) is 0. The lowest BCUT2D eigenvalue weighted by Crippen LogP contribution is -2.19. The van der Waals surface area contributed by atoms with Crippen molar-refractivity contribution >= 4 is 0 Å². The van der Waals surface area contributed by atoms with Gasteiger partial charge in [0.15, 0.2) is 0 Å². The van der Waals surface area contributed by atoms with Crippen LogP contribution in [0.15, 0.2) is 36.7 Å². The molecule has 1 unspecified atom stereocenters. The molecular weight excluding hydrogens is 246 g/mol. The molecule has 2 aromatic rings. The summed E-state index contributed by atoms with van der Waals surface area (Å²) in [6.07, 6.45) is 3.54. The lowest BCUT2D eigenvalue weighted by atomic mass is 9.83. The van der Waals surface area contributed by atoms with Crippen LogP contribution in [0.3, 0.4) is 0 Å². The highest BCUT2D eigenvalue weighted by Crippen LogP contribution is 2.29. The molecule has 0 amide bonds. The average Bonchev–Trinajstić information content (AvgIpc) is 2.41. The van der Waals surface area contributed by atoms with E-state index < -0.39 is 0 Å². The van der Waals surface area contributed by atoms with Crippen molar-refractivity contribution in [3.8, 4) is 0 Å². The maximum atomic E-state index is 5.98. The summed E-state index contributed by atoms with van der Waals surface area (Å²) < 4.78 is 0. The van der Waals surface area contributed by atoms with Crippen LogP contribution in [0.5, 0.6) is 0 Å².